The van der Waals surface area contributed by atoms with Crippen LogP contribution in [0.4, 0.5) is 0 Å². The average Bonchev–Trinajstić information content (AvgIpc) is 2.28. The van der Waals surface area contributed by atoms with Crippen molar-refractivity contribution in [1.29, 1.82) is 0 Å². The van der Waals surface area contributed by atoms with Crippen LogP contribution in [0.25, 0.3) is 0 Å². The third-order valence-corrected chi connectivity index (χ3v) is 3.30. The average molecular weight is 235 g/mol. The van der Waals surface area contributed by atoms with Crippen LogP contribution in [-0.4, -0.2) is 13.2 Å². The molecular weight excluding hydrogens is 210 g/mol. The third kappa shape index (κ3) is 4.39. The SMILES string of the molecule is CC(c1ccc(OCCCN)cc1)C(C)(C)C. The summed E-state index contributed by atoms with van der Waals surface area (Å²) in [6.07, 6.45) is 0.903. The van der Waals surface area contributed by atoms with Gasteiger partial charge in [-0.15, -0.1) is 0 Å². The summed E-state index contributed by atoms with van der Waals surface area (Å²) in [4.78, 5) is 0. The Morgan fingerprint density at radius 3 is 2.24 bits per heavy atom. The maximum absolute atomic E-state index is 5.59. The first-order chi connectivity index (χ1) is 7.95. The summed E-state index contributed by atoms with van der Waals surface area (Å²) in [5.74, 6) is 1.48. The first-order valence-corrected chi connectivity index (χ1v) is 6.38. The van der Waals surface area contributed by atoms with Crippen molar-refractivity contribution in [3.63, 3.8) is 0 Å². The molecule has 0 spiro atoms. The van der Waals surface area contributed by atoms with E-state index in [4.69, 9.17) is 10.5 Å². The summed E-state index contributed by atoms with van der Waals surface area (Å²) in [7, 11) is 0. The van der Waals surface area contributed by atoms with E-state index in [0.29, 0.717) is 24.5 Å². The maximum atomic E-state index is 5.59. The molecule has 0 heterocycles. The second-order valence-electron chi connectivity index (χ2n) is 5.65. The highest BCUT2D eigenvalue weighted by atomic mass is 16.5. The van der Waals surface area contributed by atoms with Crippen LogP contribution in [0.1, 0.15) is 45.6 Å². The summed E-state index contributed by atoms with van der Waals surface area (Å²) in [5, 5.41) is 0. The molecule has 0 aromatic heterocycles. The highest BCUT2D eigenvalue weighted by Gasteiger charge is 2.21. The largest absolute Gasteiger partial charge is 0.494 e. The molecule has 2 nitrogen and oxygen atoms in total. The van der Waals surface area contributed by atoms with Crippen molar-refractivity contribution < 1.29 is 4.74 Å². The van der Waals surface area contributed by atoms with Crippen LogP contribution in [0.15, 0.2) is 24.3 Å². The van der Waals surface area contributed by atoms with Gasteiger partial charge in [0.2, 0.25) is 0 Å². The summed E-state index contributed by atoms with van der Waals surface area (Å²) in [6.45, 7) is 10.4. The Hall–Kier alpha value is -1.02. The molecule has 1 aromatic rings. The van der Waals surface area contributed by atoms with Crippen LogP contribution in [-0.2, 0) is 0 Å². The first kappa shape index (κ1) is 14.0. The quantitative estimate of drug-likeness (QED) is 0.792. The van der Waals surface area contributed by atoms with Crippen LogP contribution >= 0.6 is 0 Å². The second kappa shape index (κ2) is 6.06. The maximum Gasteiger partial charge on any atom is 0.119 e. The van der Waals surface area contributed by atoms with Crippen LogP contribution in [0.5, 0.6) is 5.75 Å². The summed E-state index contributed by atoms with van der Waals surface area (Å²) in [5.41, 5.74) is 7.08. The lowest BCUT2D eigenvalue weighted by Crippen LogP contribution is -2.15. The standard InChI is InChI=1S/C15H25NO/c1-12(15(2,3)4)13-6-8-14(9-7-13)17-11-5-10-16/h6-9,12H,5,10-11,16H2,1-4H3. The van der Waals surface area contributed by atoms with Gasteiger partial charge in [0.05, 0.1) is 6.61 Å². The van der Waals surface area contributed by atoms with E-state index in [9.17, 15) is 0 Å². The molecule has 17 heavy (non-hydrogen) atoms. The van der Waals surface area contributed by atoms with Gasteiger partial charge in [0.15, 0.2) is 0 Å². The Kier molecular flexibility index (Phi) is 5.01. The van der Waals surface area contributed by atoms with E-state index in [1.165, 1.54) is 5.56 Å². The van der Waals surface area contributed by atoms with Gasteiger partial charge >= 0.3 is 0 Å². The van der Waals surface area contributed by atoms with Gasteiger partial charge in [-0.05, 0) is 42.0 Å². The minimum atomic E-state index is 0.294. The molecule has 0 aliphatic carbocycles. The molecule has 96 valence electrons. The molecule has 1 rings (SSSR count). The Balaban J connectivity index is 2.61. The van der Waals surface area contributed by atoms with Gasteiger partial charge in [0, 0.05) is 0 Å². The topological polar surface area (TPSA) is 35.2 Å². The molecule has 0 fully saturated rings. The Bertz CT molecular complexity index is 324. The van der Waals surface area contributed by atoms with Gasteiger partial charge in [-0.25, -0.2) is 0 Å². The van der Waals surface area contributed by atoms with Crippen LogP contribution in [0, 0.1) is 5.41 Å². The van der Waals surface area contributed by atoms with Crippen molar-refractivity contribution in [2.45, 2.75) is 40.0 Å². The van der Waals surface area contributed by atoms with E-state index >= 15 is 0 Å². The lowest BCUT2D eigenvalue weighted by atomic mass is 9.78. The molecule has 0 saturated carbocycles. The second-order valence-corrected chi connectivity index (χ2v) is 5.65. The van der Waals surface area contributed by atoms with Crippen molar-refractivity contribution in [1.82, 2.24) is 0 Å². The molecule has 2 N–H and O–H groups in total. The Labute approximate surface area is 105 Å². The Morgan fingerprint density at radius 2 is 1.76 bits per heavy atom. The lowest BCUT2D eigenvalue weighted by Gasteiger charge is -2.27. The number of ether oxygens (including phenoxy) is 1. The molecular formula is C15H25NO. The molecule has 0 saturated heterocycles. The van der Waals surface area contributed by atoms with Gasteiger partial charge in [0.25, 0.3) is 0 Å². The molecule has 0 radical (unpaired) electrons. The monoisotopic (exact) mass is 235 g/mol. The molecule has 1 atom stereocenters. The fourth-order valence-corrected chi connectivity index (χ4v) is 1.63. The minimum absolute atomic E-state index is 0.294. The zero-order chi connectivity index (χ0) is 12.9. The molecule has 0 amide bonds. The minimum Gasteiger partial charge on any atom is -0.494 e. The third-order valence-electron chi connectivity index (χ3n) is 3.30. The number of hydrogen-bond acceptors (Lipinski definition) is 2. The van der Waals surface area contributed by atoms with Crippen LogP contribution in [0.2, 0.25) is 0 Å². The van der Waals surface area contributed by atoms with Crippen molar-refractivity contribution >= 4 is 0 Å². The van der Waals surface area contributed by atoms with E-state index in [1.54, 1.807) is 0 Å². The van der Waals surface area contributed by atoms with E-state index in [0.717, 1.165) is 12.2 Å². The fraction of sp³-hybridized carbons (Fsp3) is 0.600. The van der Waals surface area contributed by atoms with Gasteiger partial charge in [-0.2, -0.15) is 0 Å². The number of rotatable bonds is 5. The predicted octanol–water partition coefficient (Wildman–Crippen LogP) is 3.56. The first-order valence-electron chi connectivity index (χ1n) is 6.38. The van der Waals surface area contributed by atoms with Crippen molar-refractivity contribution in [2.24, 2.45) is 11.1 Å². The van der Waals surface area contributed by atoms with Gasteiger partial charge in [0.1, 0.15) is 5.75 Å². The van der Waals surface area contributed by atoms with Crippen LogP contribution < -0.4 is 10.5 Å². The fourth-order valence-electron chi connectivity index (χ4n) is 1.63. The highest BCUT2D eigenvalue weighted by molar-refractivity contribution is 5.30. The molecule has 2 heteroatoms. The summed E-state index contributed by atoms with van der Waals surface area (Å²) in [6, 6.07) is 8.42. The van der Waals surface area contributed by atoms with E-state index in [1.807, 2.05) is 12.1 Å². The molecule has 0 aliphatic heterocycles. The van der Waals surface area contributed by atoms with Crippen molar-refractivity contribution in [2.75, 3.05) is 13.2 Å². The zero-order valence-corrected chi connectivity index (χ0v) is 11.5. The van der Waals surface area contributed by atoms with E-state index < -0.39 is 0 Å². The Morgan fingerprint density at radius 1 is 1.18 bits per heavy atom. The van der Waals surface area contributed by atoms with Crippen LogP contribution in [0.3, 0.4) is 0 Å². The number of hydrogen-bond donors (Lipinski definition) is 1. The van der Waals surface area contributed by atoms with Crippen molar-refractivity contribution in [3.8, 4) is 5.75 Å². The molecule has 0 aliphatic rings. The molecule has 1 unspecified atom stereocenters. The van der Waals surface area contributed by atoms with Gasteiger partial charge in [-0.3, -0.25) is 0 Å². The summed E-state index contributed by atoms with van der Waals surface area (Å²) < 4.78 is 5.59. The molecule has 0 bridgehead atoms. The highest BCUT2D eigenvalue weighted by Crippen LogP contribution is 2.34. The number of nitrogens with two attached hydrogens (primary N) is 1. The molecule has 1 aromatic carbocycles. The smallest absolute Gasteiger partial charge is 0.119 e. The predicted molar refractivity (Wildman–Crippen MR) is 73.5 cm³/mol. The lowest BCUT2D eigenvalue weighted by molar-refractivity contribution is 0.312. The van der Waals surface area contributed by atoms with E-state index in [2.05, 4.69) is 39.8 Å². The number of benzene rings is 1. The normalized spacial score (nSPS) is 13.5. The summed E-state index contributed by atoms with van der Waals surface area (Å²) >= 11 is 0. The van der Waals surface area contributed by atoms with Crippen molar-refractivity contribution in [3.05, 3.63) is 29.8 Å². The van der Waals surface area contributed by atoms with E-state index in [-0.39, 0.29) is 0 Å². The van der Waals surface area contributed by atoms with Gasteiger partial charge in [-0.1, -0.05) is 39.8 Å². The zero-order valence-electron chi connectivity index (χ0n) is 11.5. The van der Waals surface area contributed by atoms with Gasteiger partial charge < -0.3 is 10.5 Å².